The Morgan fingerprint density at radius 3 is 2.32 bits per heavy atom. The molecule has 25 heavy (non-hydrogen) atoms. The summed E-state index contributed by atoms with van der Waals surface area (Å²) in [5.74, 6) is -4.12. The molecule has 0 bridgehead atoms. The number of carboxylic acid groups (broad SMARTS) is 1. The Morgan fingerprint density at radius 1 is 1.12 bits per heavy atom. The Morgan fingerprint density at radius 2 is 1.76 bits per heavy atom. The molecule has 1 aliphatic carbocycles. The zero-order chi connectivity index (χ0) is 18.6. The zero-order valence-corrected chi connectivity index (χ0v) is 13.6. The van der Waals surface area contributed by atoms with Gasteiger partial charge in [0.1, 0.15) is 0 Å². The Balaban J connectivity index is 1.99. The van der Waals surface area contributed by atoms with Gasteiger partial charge in [-0.3, -0.25) is 30.6 Å². The van der Waals surface area contributed by atoms with E-state index < -0.39 is 34.5 Å². The Bertz CT molecular complexity index is 718. The van der Waals surface area contributed by atoms with Gasteiger partial charge in [0.25, 0.3) is 11.6 Å². The Kier molecular flexibility index (Phi) is 5.68. The maximum Gasteiger partial charge on any atom is 0.272 e. The van der Waals surface area contributed by atoms with Gasteiger partial charge in [0.15, 0.2) is 0 Å². The third kappa shape index (κ3) is 4.31. The second kappa shape index (κ2) is 7.73. The number of nitrogens with zero attached hydrogens (tertiary/aromatic N) is 1. The van der Waals surface area contributed by atoms with E-state index in [4.69, 9.17) is 0 Å². The number of carboxylic acids is 1. The fourth-order valence-corrected chi connectivity index (χ4v) is 3.01. The van der Waals surface area contributed by atoms with Crippen molar-refractivity contribution in [1.82, 2.24) is 10.9 Å². The third-order valence-electron chi connectivity index (χ3n) is 4.36. The van der Waals surface area contributed by atoms with E-state index in [9.17, 15) is 29.6 Å². The molecule has 9 heteroatoms. The van der Waals surface area contributed by atoms with E-state index in [1.54, 1.807) is 0 Å². The van der Waals surface area contributed by atoms with Gasteiger partial charge in [0.2, 0.25) is 5.91 Å². The molecule has 1 aromatic rings. The molecular formula is C16H18N3O6-. The molecule has 0 aromatic heterocycles. The summed E-state index contributed by atoms with van der Waals surface area (Å²) in [6.45, 7) is 1.50. The van der Waals surface area contributed by atoms with E-state index in [0.29, 0.717) is 18.4 Å². The van der Waals surface area contributed by atoms with E-state index in [0.717, 1.165) is 12.8 Å². The van der Waals surface area contributed by atoms with Crippen LogP contribution in [0.4, 0.5) is 5.69 Å². The quantitative estimate of drug-likeness (QED) is 0.589. The summed E-state index contributed by atoms with van der Waals surface area (Å²) in [4.78, 5) is 45.5. The minimum atomic E-state index is -1.27. The fourth-order valence-electron chi connectivity index (χ4n) is 3.01. The molecule has 0 aliphatic heterocycles. The average molecular weight is 348 g/mol. The van der Waals surface area contributed by atoms with Gasteiger partial charge in [-0.15, -0.1) is 0 Å². The van der Waals surface area contributed by atoms with Crippen molar-refractivity contribution in [1.29, 1.82) is 0 Å². The maximum absolute atomic E-state index is 12.2. The first-order valence-electron chi connectivity index (χ1n) is 7.87. The van der Waals surface area contributed by atoms with Gasteiger partial charge in [-0.2, -0.15) is 0 Å². The molecular weight excluding hydrogens is 330 g/mol. The van der Waals surface area contributed by atoms with E-state index >= 15 is 0 Å². The van der Waals surface area contributed by atoms with Crippen molar-refractivity contribution < 1.29 is 24.4 Å². The fraction of sp³-hybridized carbons (Fsp3) is 0.438. The first kappa shape index (κ1) is 18.4. The highest BCUT2D eigenvalue weighted by Gasteiger charge is 2.32. The largest absolute Gasteiger partial charge is 0.550 e. The minimum Gasteiger partial charge on any atom is -0.550 e. The van der Waals surface area contributed by atoms with Crippen LogP contribution in [0, 0.1) is 28.9 Å². The highest BCUT2D eigenvalue weighted by molar-refractivity contribution is 5.96. The lowest BCUT2D eigenvalue weighted by Gasteiger charge is -2.31. The van der Waals surface area contributed by atoms with Crippen LogP contribution in [0.5, 0.6) is 0 Å². The second-order valence-electron chi connectivity index (χ2n) is 6.02. The standard InChI is InChI=1S/C16H19N3O6/c1-9-8-10(6-7-13(9)19(24)25)14(20)17-18-15(21)11-4-2-3-5-12(11)16(22)23/h6-8,11-12H,2-5H2,1H3,(H,17,20)(H,18,21)(H,22,23)/p-1/t11-,12+/m1/s1. The van der Waals surface area contributed by atoms with Crippen molar-refractivity contribution >= 4 is 23.5 Å². The molecule has 0 saturated heterocycles. The van der Waals surface area contributed by atoms with Gasteiger partial charge in [0.05, 0.1) is 4.92 Å². The summed E-state index contributed by atoms with van der Waals surface area (Å²) in [6.07, 6.45) is 2.24. The number of benzene rings is 1. The van der Waals surface area contributed by atoms with E-state index in [2.05, 4.69) is 10.9 Å². The third-order valence-corrected chi connectivity index (χ3v) is 4.36. The number of nitrogens with one attached hydrogen (secondary N) is 2. The van der Waals surface area contributed by atoms with Crippen LogP contribution < -0.4 is 16.0 Å². The summed E-state index contributed by atoms with van der Waals surface area (Å²) < 4.78 is 0. The number of aliphatic carboxylic acids is 1. The number of amides is 2. The van der Waals surface area contributed by atoms with Gasteiger partial charge in [-0.05, 0) is 31.9 Å². The predicted octanol–water partition coefficient (Wildman–Crippen LogP) is 0.221. The molecule has 1 aromatic carbocycles. The van der Waals surface area contributed by atoms with E-state index in [1.165, 1.54) is 25.1 Å². The van der Waals surface area contributed by atoms with Crippen LogP contribution in [-0.4, -0.2) is 22.7 Å². The van der Waals surface area contributed by atoms with Crippen molar-refractivity contribution in [2.75, 3.05) is 0 Å². The summed E-state index contributed by atoms with van der Waals surface area (Å²) >= 11 is 0. The topological polar surface area (TPSA) is 141 Å². The number of hydrogen-bond donors (Lipinski definition) is 2. The predicted molar refractivity (Wildman–Crippen MR) is 83.9 cm³/mol. The summed E-state index contributed by atoms with van der Waals surface area (Å²) in [6, 6.07) is 3.82. The van der Waals surface area contributed by atoms with Gasteiger partial charge >= 0.3 is 0 Å². The molecule has 1 saturated carbocycles. The zero-order valence-electron chi connectivity index (χ0n) is 13.6. The lowest BCUT2D eigenvalue weighted by molar-refractivity contribution is -0.385. The van der Waals surface area contributed by atoms with Crippen LogP contribution in [0.1, 0.15) is 41.6 Å². The summed E-state index contributed by atoms with van der Waals surface area (Å²) in [5.41, 5.74) is 4.78. The van der Waals surface area contributed by atoms with Gasteiger partial charge in [0, 0.05) is 35.0 Å². The Labute approximate surface area is 143 Å². The molecule has 1 aliphatic rings. The molecule has 0 heterocycles. The van der Waals surface area contributed by atoms with Crippen molar-refractivity contribution in [3.63, 3.8) is 0 Å². The number of nitro groups is 1. The van der Waals surface area contributed by atoms with E-state index in [-0.39, 0.29) is 11.3 Å². The highest BCUT2D eigenvalue weighted by atomic mass is 16.6. The van der Waals surface area contributed by atoms with E-state index in [1.807, 2.05) is 0 Å². The number of aryl methyl sites for hydroxylation is 1. The highest BCUT2D eigenvalue weighted by Crippen LogP contribution is 2.29. The van der Waals surface area contributed by atoms with Crippen LogP contribution in [-0.2, 0) is 9.59 Å². The molecule has 0 unspecified atom stereocenters. The molecule has 134 valence electrons. The average Bonchev–Trinajstić information content (AvgIpc) is 2.58. The van der Waals surface area contributed by atoms with Crippen LogP contribution >= 0.6 is 0 Å². The van der Waals surface area contributed by atoms with Crippen molar-refractivity contribution in [3.05, 3.63) is 39.4 Å². The van der Waals surface area contributed by atoms with Crippen molar-refractivity contribution in [2.45, 2.75) is 32.6 Å². The molecule has 2 amide bonds. The maximum atomic E-state index is 12.2. The molecule has 2 N–H and O–H groups in total. The van der Waals surface area contributed by atoms with Crippen LogP contribution in [0.2, 0.25) is 0 Å². The second-order valence-corrected chi connectivity index (χ2v) is 6.02. The van der Waals surface area contributed by atoms with Crippen molar-refractivity contribution in [3.8, 4) is 0 Å². The Hall–Kier alpha value is -2.97. The monoisotopic (exact) mass is 348 g/mol. The van der Waals surface area contributed by atoms with Gasteiger partial charge < -0.3 is 9.90 Å². The summed E-state index contributed by atoms with van der Waals surface area (Å²) in [7, 11) is 0. The van der Waals surface area contributed by atoms with Crippen LogP contribution in [0.15, 0.2) is 18.2 Å². The lowest BCUT2D eigenvalue weighted by atomic mass is 9.79. The number of hydrazine groups is 1. The minimum absolute atomic E-state index is 0.111. The number of carbonyl (C=O) groups excluding carboxylic acids is 3. The molecule has 2 rings (SSSR count). The van der Waals surface area contributed by atoms with Crippen LogP contribution in [0.3, 0.4) is 0 Å². The van der Waals surface area contributed by atoms with Crippen LogP contribution in [0.25, 0.3) is 0 Å². The number of rotatable bonds is 4. The van der Waals surface area contributed by atoms with Crippen molar-refractivity contribution in [2.24, 2.45) is 11.8 Å². The molecule has 0 spiro atoms. The first-order chi connectivity index (χ1) is 11.8. The molecule has 9 nitrogen and oxygen atoms in total. The summed E-state index contributed by atoms with van der Waals surface area (Å²) in [5, 5.41) is 21.9. The number of hydrogen-bond acceptors (Lipinski definition) is 6. The molecule has 2 atom stereocenters. The first-order valence-corrected chi connectivity index (χ1v) is 7.87. The lowest BCUT2D eigenvalue weighted by Crippen LogP contribution is -2.49. The van der Waals surface area contributed by atoms with Gasteiger partial charge in [-0.1, -0.05) is 12.8 Å². The number of carbonyl (C=O) groups is 3. The molecule has 1 fully saturated rings. The number of nitro benzene ring substituents is 1. The smallest absolute Gasteiger partial charge is 0.272 e. The molecule has 0 radical (unpaired) electrons. The van der Waals surface area contributed by atoms with Gasteiger partial charge in [-0.25, -0.2) is 0 Å². The normalized spacial score (nSPS) is 19.7. The SMILES string of the molecule is Cc1cc(C(=O)NNC(=O)[C@@H]2CCCC[C@@H]2C(=O)[O-])ccc1[N+](=O)[O-].